The molecule has 1 aliphatic heterocycles. The normalized spacial score (nSPS) is 16.1. The van der Waals surface area contributed by atoms with Crippen LogP contribution in [0, 0.1) is 0 Å². The molecule has 0 atom stereocenters. The molecule has 7 heteroatoms. The Morgan fingerprint density at radius 2 is 1.41 bits per heavy atom. The molecule has 0 radical (unpaired) electrons. The topological polar surface area (TPSA) is 15.6 Å². The highest BCUT2D eigenvalue weighted by Gasteiger charge is 2.26. The first-order valence-corrected chi connectivity index (χ1v) is 15.5. The Kier molecular flexibility index (Phi) is 14.1. The molecule has 0 unspecified atom stereocenters. The third kappa shape index (κ3) is 13.3. The lowest BCUT2D eigenvalue weighted by molar-refractivity contribution is 0.561. The Bertz CT molecular complexity index is 427. The Hall–Kier alpha value is 1.38. The smallest absolute Gasteiger partial charge is 0.152 e. The van der Waals surface area contributed by atoms with Crippen molar-refractivity contribution >= 4 is 59.7 Å². The van der Waals surface area contributed by atoms with Gasteiger partial charge < -0.3 is 0 Å². The van der Waals surface area contributed by atoms with E-state index in [-0.39, 0.29) is 0 Å². The molecule has 1 heterocycles. The van der Waals surface area contributed by atoms with Crippen molar-refractivity contribution in [3.8, 4) is 0 Å². The lowest BCUT2D eigenvalue weighted by Gasteiger charge is -2.25. The van der Waals surface area contributed by atoms with Gasteiger partial charge in [0.2, 0.25) is 0 Å². The number of hydrogen-bond donors (Lipinski definition) is 0. The minimum atomic E-state index is 0.331. The molecule has 0 saturated heterocycles. The van der Waals surface area contributed by atoms with Crippen LogP contribution in [-0.2, 0) is 0 Å². The maximum Gasteiger partial charge on any atom is 0.152 e. The summed E-state index contributed by atoms with van der Waals surface area (Å²) in [5.74, 6) is 0. The van der Waals surface area contributed by atoms with E-state index in [0.29, 0.717) is 9.49 Å². The fourth-order valence-corrected chi connectivity index (χ4v) is 8.87. The number of rotatable bonds is 15. The molecule has 0 aliphatic carbocycles. The maximum atomic E-state index is 4.73. The van der Waals surface area contributed by atoms with Crippen LogP contribution < -0.4 is 0 Å². The Balaban J connectivity index is 2.19. The van der Waals surface area contributed by atoms with E-state index < -0.39 is 0 Å². The van der Waals surface area contributed by atoms with Crippen molar-refractivity contribution in [1.82, 2.24) is 3.71 Å². The average molecular weight is 469 g/mol. The monoisotopic (exact) mass is 468 g/mol. The molecule has 27 heavy (non-hydrogen) atoms. The van der Waals surface area contributed by atoms with Gasteiger partial charge in [-0.3, -0.25) is 4.99 Å². The third-order valence-corrected chi connectivity index (χ3v) is 12.8. The summed E-state index contributed by atoms with van der Waals surface area (Å²) in [5.41, 5.74) is 0. The molecular weight excluding hydrogens is 429 g/mol. The maximum absolute atomic E-state index is 4.73. The zero-order chi connectivity index (χ0) is 20.2. The van der Waals surface area contributed by atoms with Gasteiger partial charge in [-0.2, -0.15) is 3.71 Å². The van der Waals surface area contributed by atoms with Crippen molar-refractivity contribution in [3.63, 3.8) is 0 Å². The van der Waals surface area contributed by atoms with Crippen LogP contribution >= 0.6 is 55.3 Å². The van der Waals surface area contributed by atoms with Crippen molar-refractivity contribution < 1.29 is 0 Å². The fraction of sp³-hybridized carbons (Fsp3) is 0.950. The zero-order valence-corrected chi connectivity index (χ0v) is 22.3. The molecule has 1 aliphatic rings. The van der Waals surface area contributed by atoms with Crippen molar-refractivity contribution in [2.24, 2.45) is 4.99 Å². The van der Waals surface area contributed by atoms with Gasteiger partial charge in [-0.05, 0) is 63.3 Å². The fourth-order valence-electron chi connectivity index (χ4n) is 2.67. The minimum absolute atomic E-state index is 0.331. The van der Waals surface area contributed by atoms with E-state index >= 15 is 0 Å². The summed E-state index contributed by atoms with van der Waals surface area (Å²) in [4.78, 5) is 4.73. The molecule has 1 rings (SSSR count). The molecule has 0 aromatic heterocycles. The van der Waals surface area contributed by atoms with Crippen LogP contribution in [0.2, 0.25) is 0 Å². The predicted molar refractivity (Wildman–Crippen MR) is 138 cm³/mol. The minimum Gasteiger partial charge on any atom is -0.252 e. The van der Waals surface area contributed by atoms with Gasteiger partial charge in [0, 0.05) is 20.5 Å². The lowest BCUT2D eigenvalue weighted by atomic mass is 10.0. The highest BCUT2D eigenvalue weighted by Crippen LogP contribution is 2.49. The summed E-state index contributed by atoms with van der Waals surface area (Å²) < 4.78 is 4.22. The average Bonchev–Trinajstić information content (AvgIpc) is 3.08. The lowest BCUT2D eigenvalue weighted by Crippen LogP contribution is -2.14. The van der Waals surface area contributed by atoms with Crippen molar-refractivity contribution in [3.05, 3.63) is 0 Å². The first kappa shape index (κ1) is 26.4. The molecule has 0 bridgehead atoms. The second-order valence-corrected chi connectivity index (χ2v) is 15.6. The SMILES string of the molecule is CCCCCCC(C)(C)SSC1=NCN(SSC(C)(C)CCCCCC)S1. The van der Waals surface area contributed by atoms with E-state index in [1.54, 1.807) is 0 Å². The summed E-state index contributed by atoms with van der Waals surface area (Å²) >= 11 is 1.82. The van der Waals surface area contributed by atoms with Crippen LogP contribution in [0.3, 0.4) is 0 Å². The number of nitrogens with zero attached hydrogens (tertiary/aromatic N) is 2. The van der Waals surface area contributed by atoms with Gasteiger partial charge in [0.1, 0.15) is 6.67 Å². The van der Waals surface area contributed by atoms with Crippen LogP contribution in [0.5, 0.6) is 0 Å². The van der Waals surface area contributed by atoms with Crippen LogP contribution in [0.25, 0.3) is 0 Å². The molecule has 2 nitrogen and oxygen atoms in total. The van der Waals surface area contributed by atoms with E-state index in [0.717, 1.165) is 6.67 Å². The summed E-state index contributed by atoms with van der Waals surface area (Å²) in [7, 11) is 7.77. The Morgan fingerprint density at radius 3 is 1.96 bits per heavy atom. The molecule has 0 saturated carbocycles. The third-order valence-electron chi connectivity index (χ3n) is 4.44. The van der Waals surface area contributed by atoms with Crippen LogP contribution in [-0.4, -0.2) is 24.2 Å². The molecular formula is C20H40N2S5. The Morgan fingerprint density at radius 1 is 0.852 bits per heavy atom. The highest BCUT2D eigenvalue weighted by molar-refractivity contribution is 8.87. The van der Waals surface area contributed by atoms with E-state index in [4.69, 9.17) is 4.99 Å². The van der Waals surface area contributed by atoms with Gasteiger partial charge in [0.05, 0.1) is 0 Å². The summed E-state index contributed by atoms with van der Waals surface area (Å²) in [5, 5.41) is 0. The first-order chi connectivity index (χ1) is 12.8. The molecule has 0 aromatic rings. The van der Waals surface area contributed by atoms with Gasteiger partial charge in [-0.15, -0.1) is 0 Å². The highest BCUT2D eigenvalue weighted by atomic mass is 33.1. The van der Waals surface area contributed by atoms with E-state index in [1.807, 2.05) is 55.3 Å². The zero-order valence-electron chi connectivity index (χ0n) is 18.2. The van der Waals surface area contributed by atoms with Crippen molar-refractivity contribution in [2.45, 2.75) is 115 Å². The molecule has 160 valence electrons. The van der Waals surface area contributed by atoms with Crippen LogP contribution in [0.15, 0.2) is 4.99 Å². The largest absolute Gasteiger partial charge is 0.252 e. The van der Waals surface area contributed by atoms with Crippen LogP contribution in [0.4, 0.5) is 0 Å². The second-order valence-electron chi connectivity index (χ2n) is 8.45. The number of aliphatic imine (C=N–C) groups is 1. The Labute approximate surface area is 189 Å². The quantitative estimate of drug-likeness (QED) is 0.134. The van der Waals surface area contributed by atoms with Gasteiger partial charge in [-0.1, -0.05) is 86.8 Å². The summed E-state index contributed by atoms with van der Waals surface area (Å²) in [6, 6.07) is 0. The standard InChI is InChI=1S/C20H40N2S5/c1-7-9-11-13-15-19(3,4)25-24-18-21-17-22(23-18)27-26-20(5,6)16-14-12-10-8-2/h7-17H2,1-6H3. The number of hydrogen-bond acceptors (Lipinski definition) is 7. The second kappa shape index (κ2) is 14.4. The van der Waals surface area contributed by atoms with Crippen molar-refractivity contribution in [1.29, 1.82) is 0 Å². The molecule has 0 N–H and O–H groups in total. The molecule has 0 aromatic carbocycles. The molecule has 0 fully saturated rings. The van der Waals surface area contributed by atoms with Gasteiger partial charge in [0.15, 0.2) is 4.38 Å². The molecule has 0 amide bonds. The summed E-state index contributed by atoms with van der Waals surface area (Å²) in [6.45, 7) is 14.9. The predicted octanol–water partition coefficient (Wildman–Crippen LogP) is 9.44. The van der Waals surface area contributed by atoms with Crippen LogP contribution in [0.1, 0.15) is 106 Å². The van der Waals surface area contributed by atoms with Gasteiger partial charge in [0.25, 0.3) is 0 Å². The summed E-state index contributed by atoms with van der Waals surface area (Å²) in [6.07, 6.45) is 13.4. The van der Waals surface area contributed by atoms with Crippen molar-refractivity contribution in [2.75, 3.05) is 6.67 Å². The number of unbranched alkanes of at least 4 members (excludes halogenated alkanes) is 6. The molecule has 0 spiro atoms. The first-order valence-electron chi connectivity index (χ1n) is 10.5. The van der Waals surface area contributed by atoms with E-state index in [2.05, 4.69) is 45.3 Å². The van der Waals surface area contributed by atoms with Gasteiger partial charge >= 0.3 is 0 Å². The van der Waals surface area contributed by atoms with E-state index in [9.17, 15) is 0 Å². The van der Waals surface area contributed by atoms with Gasteiger partial charge in [-0.25, -0.2) is 0 Å². The van der Waals surface area contributed by atoms with E-state index in [1.165, 1.54) is 68.6 Å².